The Labute approximate surface area is 207 Å². The van der Waals surface area contributed by atoms with Crippen LogP contribution in [0.3, 0.4) is 0 Å². The topological polar surface area (TPSA) is 88.2 Å². The second-order valence-corrected chi connectivity index (χ2v) is 11.6. The molecule has 4 rings (SSSR count). The average molecular weight is 522 g/mol. The van der Waals surface area contributed by atoms with Crippen molar-refractivity contribution >= 4 is 49.7 Å². The number of anilines is 2. The zero-order valence-corrected chi connectivity index (χ0v) is 21.2. The maximum absolute atomic E-state index is 13.4. The van der Waals surface area contributed by atoms with Gasteiger partial charge in [-0.15, -0.1) is 0 Å². The van der Waals surface area contributed by atoms with E-state index in [1.807, 2.05) is 13.0 Å². The van der Waals surface area contributed by atoms with Gasteiger partial charge in [0, 0.05) is 6.42 Å². The Morgan fingerprint density at radius 3 is 2.62 bits per heavy atom. The Morgan fingerprint density at radius 2 is 1.91 bits per heavy atom. The van der Waals surface area contributed by atoms with Crippen LogP contribution in [0.2, 0.25) is 5.02 Å². The molecule has 1 fully saturated rings. The van der Waals surface area contributed by atoms with Crippen LogP contribution < -0.4 is 10.0 Å². The number of carbonyl (C=O) groups is 1. The van der Waals surface area contributed by atoms with Crippen LogP contribution in [0.1, 0.15) is 43.4 Å². The van der Waals surface area contributed by atoms with Crippen molar-refractivity contribution in [3.8, 4) is 10.4 Å². The number of benzene rings is 2. The molecule has 1 aliphatic carbocycles. The Morgan fingerprint density at radius 1 is 1.18 bits per heavy atom. The highest BCUT2D eigenvalue weighted by Gasteiger charge is 2.22. The first-order chi connectivity index (χ1) is 16.1. The molecule has 1 heterocycles. The molecule has 34 heavy (non-hydrogen) atoms. The van der Waals surface area contributed by atoms with Crippen molar-refractivity contribution in [3.63, 3.8) is 0 Å². The second-order valence-electron chi connectivity index (χ2n) is 8.55. The average Bonchev–Trinajstić information content (AvgIpc) is 3.40. The van der Waals surface area contributed by atoms with E-state index >= 15 is 0 Å². The number of hydrogen-bond donors (Lipinski definition) is 2. The largest absolute Gasteiger partial charge is 0.302 e. The summed E-state index contributed by atoms with van der Waals surface area (Å²) in [6, 6.07) is 8.76. The summed E-state index contributed by atoms with van der Waals surface area (Å²) < 4.78 is 42.1. The number of thiazole rings is 1. The first-order valence-corrected chi connectivity index (χ1v) is 13.7. The third kappa shape index (κ3) is 5.59. The highest BCUT2D eigenvalue weighted by molar-refractivity contribution is 7.92. The van der Waals surface area contributed by atoms with Crippen LogP contribution >= 0.6 is 22.9 Å². The molecule has 1 aliphatic rings. The third-order valence-corrected chi connectivity index (χ3v) is 8.84. The van der Waals surface area contributed by atoms with Gasteiger partial charge in [-0.25, -0.2) is 17.8 Å². The van der Waals surface area contributed by atoms with Crippen molar-refractivity contribution in [1.29, 1.82) is 0 Å². The molecular weight excluding hydrogens is 497 g/mol. The first-order valence-electron chi connectivity index (χ1n) is 11.0. The molecule has 10 heteroatoms. The molecule has 0 unspecified atom stereocenters. The van der Waals surface area contributed by atoms with Gasteiger partial charge in [-0.2, -0.15) is 0 Å². The highest BCUT2D eigenvalue weighted by atomic mass is 35.5. The summed E-state index contributed by atoms with van der Waals surface area (Å²) in [5.41, 5.74) is 2.09. The number of nitrogens with one attached hydrogen (secondary N) is 2. The van der Waals surface area contributed by atoms with Crippen molar-refractivity contribution in [1.82, 2.24) is 4.98 Å². The summed E-state index contributed by atoms with van der Waals surface area (Å²) >= 11 is 7.10. The number of carbonyl (C=O) groups excluding carboxylic acids is 1. The molecule has 2 N–H and O–H groups in total. The molecule has 0 spiro atoms. The van der Waals surface area contributed by atoms with Crippen LogP contribution in [0.15, 0.2) is 41.3 Å². The van der Waals surface area contributed by atoms with Crippen LogP contribution in [0.4, 0.5) is 15.2 Å². The predicted molar refractivity (Wildman–Crippen MR) is 134 cm³/mol. The molecule has 1 saturated carbocycles. The van der Waals surface area contributed by atoms with E-state index in [9.17, 15) is 17.6 Å². The van der Waals surface area contributed by atoms with Gasteiger partial charge in [-0.1, -0.05) is 47.9 Å². The predicted octanol–water partition coefficient (Wildman–Crippen LogP) is 6.54. The van der Waals surface area contributed by atoms with Crippen LogP contribution in [0, 0.1) is 25.6 Å². The zero-order valence-electron chi connectivity index (χ0n) is 18.8. The summed E-state index contributed by atoms with van der Waals surface area (Å²) in [6.07, 6.45) is 5.04. The molecule has 0 atom stereocenters. The molecule has 2 aromatic carbocycles. The lowest BCUT2D eigenvalue weighted by Crippen LogP contribution is -2.14. The van der Waals surface area contributed by atoms with Gasteiger partial charge in [0.2, 0.25) is 5.91 Å². The standard InChI is InChI=1S/C24H25ClFN3O3S2/c1-14-7-8-17(12-21(14)34(31,32)29-18-9-10-20(26)19(25)13-18)23-15(2)27-24(33-23)28-22(30)11-16-5-3-4-6-16/h7-10,12-13,16,29H,3-6,11H2,1-2H3,(H,27,28,30). The highest BCUT2D eigenvalue weighted by Crippen LogP contribution is 2.35. The van der Waals surface area contributed by atoms with E-state index in [1.54, 1.807) is 19.1 Å². The summed E-state index contributed by atoms with van der Waals surface area (Å²) in [5.74, 6) is -0.231. The fourth-order valence-electron chi connectivity index (χ4n) is 4.17. The van der Waals surface area contributed by atoms with Crippen LogP contribution in [-0.2, 0) is 14.8 Å². The van der Waals surface area contributed by atoms with E-state index in [0.29, 0.717) is 34.3 Å². The minimum absolute atomic E-state index is 0.0402. The summed E-state index contributed by atoms with van der Waals surface area (Å²) in [4.78, 5) is 17.7. The Balaban J connectivity index is 1.56. The fraction of sp³-hybridized carbons (Fsp3) is 0.333. The monoisotopic (exact) mass is 521 g/mol. The lowest BCUT2D eigenvalue weighted by molar-refractivity contribution is -0.117. The second kappa shape index (κ2) is 10.0. The Hall–Kier alpha value is -2.49. The van der Waals surface area contributed by atoms with E-state index in [0.717, 1.165) is 23.8 Å². The molecular formula is C24H25ClFN3O3S2. The molecule has 0 bridgehead atoms. The number of aryl methyl sites for hydroxylation is 2. The van der Waals surface area contributed by atoms with E-state index in [4.69, 9.17) is 11.6 Å². The number of rotatable bonds is 7. The van der Waals surface area contributed by atoms with Gasteiger partial charge in [0.15, 0.2) is 5.13 Å². The molecule has 1 amide bonds. The lowest BCUT2D eigenvalue weighted by atomic mass is 10.0. The number of sulfonamides is 1. The van der Waals surface area contributed by atoms with E-state index in [1.165, 1.54) is 36.3 Å². The molecule has 0 saturated heterocycles. The maximum Gasteiger partial charge on any atom is 0.262 e. The summed E-state index contributed by atoms with van der Waals surface area (Å²) in [6.45, 7) is 3.52. The fourth-order valence-corrected chi connectivity index (χ4v) is 6.65. The van der Waals surface area contributed by atoms with Gasteiger partial charge in [0.1, 0.15) is 5.82 Å². The smallest absolute Gasteiger partial charge is 0.262 e. The van der Waals surface area contributed by atoms with E-state index in [-0.39, 0.29) is 21.5 Å². The molecule has 6 nitrogen and oxygen atoms in total. The van der Waals surface area contributed by atoms with Gasteiger partial charge >= 0.3 is 0 Å². The van der Waals surface area contributed by atoms with Crippen LogP contribution in [0.25, 0.3) is 10.4 Å². The van der Waals surface area contributed by atoms with Gasteiger partial charge in [-0.05, 0) is 68.0 Å². The van der Waals surface area contributed by atoms with Gasteiger partial charge in [0.05, 0.1) is 26.2 Å². The quantitative estimate of drug-likeness (QED) is 0.369. The van der Waals surface area contributed by atoms with Crippen LogP contribution in [0.5, 0.6) is 0 Å². The van der Waals surface area contributed by atoms with Gasteiger partial charge in [-0.3, -0.25) is 9.52 Å². The van der Waals surface area contributed by atoms with Gasteiger partial charge < -0.3 is 5.32 Å². The molecule has 3 aromatic rings. The molecule has 1 aromatic heterocycles. The van der Waals surface area contributed by atoms with Crippen molar-refractivity contribution in [2.75, 3.05) is 10.0 Å². The van der Waals surface area contributed by atoms with E-state index < -0.39 is 15.8 Å². The van der Waals surface area contributed by atoms with Gasteiger partial charge in [0.25, 0.3) is 10.0 Å². The van der Waals surface area contributed by atoms with Crippen molar-refractivity contribution < 1.29 is 17.6 Å². The number of amides is 1. The van der Waals surface area contributed by atoms with E-state index in [2.05, 4.69) is 15.0 Å². The molecule has 0 aliphatic heterocycles. The molecule has 0 radical (unpaired) electrons. The summed E-state index contributed by atoms with van der Waals surface area (Å²) in [7, 11) is -3.96. The number of nitrogens with zero attached hydrogens (tertiary/aromatic N) is 1. The minimum Gasteiger partial charge on any atom is -0.302 e. The normalized spacial score (nSPS) is 14.4. The number of halogens is 2. The maximum atomic E-state index is 13.4. The Bertz CT molecular complexity index is 1340. The van der Waals surface area contributed by atoms with Crippen molar-refractivity contribution in [2.45, 2.75) is 50.8 Å². The first kappa shape index (κ1) is 24.6. The van der Waals surface area contributed by atoms with Crippen LogP contribution in [-0.4, -0.2) is 19.3 Å². The third-order valence-electron chi connectivity index (χ3n) is 5.90. The zero-order chi connectivity index (χ0) is 24.5. The summed E-state index contributed by atoms with van der Waals surface area (Å²) in [5, 5.41) is 3.22. The molecule has 180 valence electrons. The number of hydrogen-bond acceptors (Lipinski definition) is 5. The number of aromatic nitrogens is 1. The minimum atomic E-state index is -3.96. The Kier molecular flexibility index (Phi) is 7.25. The van der Waals surface area contributed by atoms with Crippen molar-refractivity contribution in [3.05, 3.63) is 58.5 Å². The van der Waals surface area contributed by atoms with Crippen molar-refractivity contribution in [2.24, 2.45) is 5.92 Å². The SMILES string of the molecule is Cc1ccc(-c2sc(NC(=O)CC3CCCC3)nc2C)cc1S(=O)(=O)Nc1ccc(F)c(Cl)c1. The lowest BCUT2D eigenvalue weighted by Gasteiger charge is -2.12.